The third-order valence-corrected chi connectivity index (χ3v) is 3.33. The maximum absolute atomic E-state index is 11.1. The molecule has 1 aliphatic rings. The molecule has 1 fully saturated rings. The average molecular weight is 260 g/mol. The van der Waals surface area contributed by atoms with Crippen molar-refractivity contribution in [2.24, 2.45) is 11.7 Å². The molecule has 2 rings (SSSR count). The molecule has 2 unspecified atom stereocenters. The van der Waals surface area contributed by atoms with Gasteiger partial charge in [0.25, 0.3) is 5.69 Å². The number of nitro benzene ring substituents is 1. The van der Waals surface area contributed by atoms with Crippen LogP contribution < -0.4 is 10.6 Å². The third-order valence-electron chi connectivity index (χ3n) is 3.33. The molecule has 0 aliphatic carbocycles. The number of hydrogen-bond acceptors (Lipinski definition) is 5. The van der Waals surface area contributed by atoms with E-state index in [2.05, 4.69) is 6.92 Å². The van der Waals surface area contributed by atoms with Gasteiger partial charge < -0.3 is 10.6 Å². The summed E-state index contributed by atoms with van der Waals surface area (Å²) in [6.45, 7) is 3.44. The number of nitro groups is 1. The number of nitrogens with two attached hydrogens (primary N) is 1. The van der Waals surface area contributed by atoms with Gasteiger partial charge in [-0.15, -0.1) is 0 Å². The van der Waals surface area contributed by atoms with Crippen molar-refractivity contribution in [3.8, 4) is 6.07 Å². The first-order valence-corrected chi connectivity index (χ1v) is 6.20. The van der Waals surface area contributed by atoms with Crippen molar-refractivity contribution in [3.63, 3.8) is 0 Å². The van der Waals surface area contributed by atoms with E-state index in [4.69, 9.17) is 11.0 Å². The minimum atomic E-state index is -0.443. The monoisotopic (exact) mass is 260 g/mol. The molecule has 100 valence electrons. The van der Waals surface area contributed by atoms with E-state index in [0.717, 1.165) is 13.0 Å². The summed E-state index contributed by atoms with van der Waals surface area (Å²) >= 11 is 0. The van der Waals surface area contributed by atoms with Crippen LogP contribution in [0.5, 0.6) is 0 Å². The molecule has 6 nitrogen and oxygen atoms in total. The highest BCUT2D eigenvalue weighted by Gasteiger charge is 2.27. The Balaban J connectivity index is 2.38. The molecule has 0 bridgehead atoms. The molecule has 1 aromatic rings. The summed E-state index contributed by atoms with van der Waals surface area (Å²) in [6, 6.07) is 6.51. The Morgan fingerprint density at radius 2 is 2.26 bits per heavy atom. The topological polar surface area (TPSA) is 96.2 Å². The van der Waals surface area contributed by atoms with Gasteiger partial charge in [0.1, 0.15) is 5.69 Å². The second kappa shape index (κ2) is 5.24. The maximum Gasteiger partial charge on any atom is 0.293 e. The molecule has 0 amide bonds. The fraction of sp³-hybridized carbons (Fsp3) is 0.462. The number of piperidine rings is 1. The van der Waals surface area contributed by atoms with Crippen LogP contribution in [0.3, 0.4) is 0 Å². The molecule has 1 aromatic carbocycles. The number of nitrogens with zero attached hydrogens (tertiary/aromatic N) is 3. The summed E-state index contributed by atoms with van der Waals surface area (Å²) in [5, 5.41) is 20.0. The van der Waals surface area contributed by atoms with Crippen molar-refractivity contribution >= 4 is 11.4 Å². The standard InChI is InChI=1S/C13H16N4O2/c1-9-4-11(15)8-16(7-9)12-3-2-10(6-14)5-13(12)17(18)19/h2-3,5,9,11H,4,7-8,15H2,1H3. The molecule has 1 saturated heterocycles. The van der Waals surface area contributed by atoms with Crippen LogP contribution in [0.2, 0.25) is 0 Å². The Bertz CT molecular complexity index is 528. The SMILES string of the molecule is CC1CC(N)CN(c2ccc(C#N)cc2[N+](=O)[O-])C1. The summed E-state index contributed by atoms with van der Waals surface area (Å²) in [4.78, 5) is 12.6. The van der Waals surface area contributed by atoms with Gasteiger partial charge in [-0.1, -0.05) is 6.92 Å². The van der Waals surface area contributed by atoms with Gasteiger partial charge in [-0.2, -0.15) is 5.26 Å². The van der Waals surface area contributed by atoms with Crippen LogP contribution in [-0.2, 0) is 0 Å². The lowest BCUT2D eigenvalue weighted by Gasteiger charge is -2.36. The van der Waals surface area contributed by atoms with Crippen LogP contribution in [0, 0.1) is 27.4 Å². The van der Waals surface area contributed by atoms with Gasteiger partial charge in [0.05, 0.1) is 16.6 Å². The van der Waals surface area contributed by atoms with E-state index >= 15 is 0 Å². The highest BCUT2D eigenvalue weighted by molar-refractivity contribution is 5.66. The van der Waals surface area contributed by atoms with Crippen molar-refractivity contribution in [2.75, 3.05) is 18.0 Å². The second-order valence-corrected chi connectivity index (χ2v) is 5.08. The predicted octanol–water partition coefficient (Wildman–Crippen LogP) is 1.64. The van der Waals surface area contributed by atoms with E-state index in [1.165, 1.54) is 6.07 Å². The quantitative estimate of drug-likeness (QED) is 0.644. The zero-order chi connectivity index (χ0) is 14.0. The molecule has 19 heavy (non-hydrogen) atoms. The van der Waals surface area contributed by atoms with Crippen LogP contribution in [0.25, 0.3) is 0 Å². The fourth-order valence-corrected chi connectivity index (χ4v) is 2.60. The minimum Gasteiger partial charge on any atom is -0.364 e. The first kappa shape index (κ1) is 13.3. The molecular formula is C13H16N4O2. The first-order valence-electron chi connectivity index (χ1n) is 6.20. The van der Waals surface area contributed by atoms with Gasteiger partial charge in [0, 0.05) is 25.2 Å². The molecule has 1 heterocycles. The predicted molar refractivity (Wildman–Crippen MR) is 71.8 cm³/mol. The molecule has 1 aliphatic heterocycles. The Labute approximate surface area is 111 Å². The van der Waals surface area contributed by atoms with E-state index < -0.39 is 4.92 Å². The van der Waals surface area contributed by atoms with Crippen molar-refractivity contribution in [3.05, 3.63) is 33.9 Å². The molecule has 0 radical (unpaired) electrons. The second-order valence-electron chi connectivity index (χ2n) is 5.08. The third kappa shape index (κ3) is 2.83. The lowest BCUT2D eigenvalue weighted by molar-refractivity contribution is -0.384. The summed E-state index contributed by atoms with van der Waals surface area (Å²) in [6.07, 6.45) is 0.931. The Morgan fingerprint density at radius 3 is 2.84 bits per heavy atom. The summed E-state index contributed by atoms with van der Waals surface area (Å²) in [5.74, 6) is 0.402. The van der Waals surface area contributed by atoms with Crippen LogP contribution in [0.15, 0.2) is 18.2 Å². The number of rotatable bonds is 2. The Morgan fingerprint density at radius 1 is 1.53 bits per heavy atom. The van der Waals surface area contributed by atoms with Crippen molar-refractivity contribution in [1.82, 2.24) is 0 Å². The smallest absolute Gasteiger partial charge is 0.293 e. The van der Waals surface area contributed by atoms with Gasteiger partial charge in [-0.3, -0.25) is 10.1 Å². The molecule has 0 spiro atoms. The number of benzene rings is 1. The zero-order valence-corrected chi connectivity index (χ0v) is 10.7. The van der Waals surface area contributed by atoms with Gasteiger partial charge in [-0.25, -0.2) is 0 Å². The van der Waals surface area contributed by atoms with Gasteiger partial charge in [-0.05, 0) is 24.5 Å². The highest BCUT2D eigenvalue weighted by atomic mass is 16.6. The van der Waals surface area contributed by atoms with Crippen molar-refractivity contribution < 1.29 is 4.92 Å². The summed E-state index contributed by atoms with van der Waals surface area (Å²) < 4.78 is 0. The molecule has 6 heteroatoms. The fourth-order valence-electron chi connectivity index (χ4n) is 2.60. The van der Waals surface area contributed by atoms with Crippen LogP contribution in [0.1, 0.15) is 18.9 Å². The molecule has 2 N–H and O–H groups in total. The van der Waals surface area contributed by atoms with Gasteiger partial charge in [0.2, 0.25) is 0 Å². The zero-order valence-electron chi connectivity index (χ0n) is 10.7. The van der Waals surface area contributed by atoms with Gasteiger partial charge >= 0.3 is 0 Å². The Kier molecular flexibility index (Phi) is 3.67. The van der Waals surface area contributed by atoms with Crippen LogP contribution in [-0.4, -0.2) is 24.1 Å². The average Bonchev–Trinajstić information content (AvgIpc) is 2.36. The molecule has 0 aromatic heterocycles. The van der Waals surface area contributed by atoms with E-state index in [1.807, 2.05) is 11.0 Å². The van der Waals surface area contributed by atoms with Gasteiger partial charge in [0.15, 0.2) is 0 Å². The Hall–Kier alpha value is -2.13. The first-order chi connectivity index (χ1) is 9.01. The summed E-state index contributed by atoms with van der Waals surface area (Å²) in [7, 11) is 0. The van der Waals surface area contributed by atoms with E-state index in [9.17, 15) is 10.1 Å². The minimum absolute atomic E-state index is 0.0268. The maximum atomic E-state index is 11.1. The van der Waals surface area contributed by atoms with Crippen LogP contribution >= 0.6 is 0 Å². The number of nitriles is 1. The molecular weight excluding hydrogens is 244 g/mol. The van der Waals surface area contributed by atoms with E-state index in [0.29, 0.717) is 23.7 Å². The molecule has 0 saturated carbocycles. The number of anilines is 1. The largest absolute Gasteiger partial charge is 0.364 e. The highest BCUT2D eigenvalue weighted by Crippen LogP contribution is 2.32. The van der Waals surface area contributed by atoms with Crippen LogP contribution in [0.4, 0.5) is 11.4 Å². The van der Waals surface area contributed by atoms with Crippen molar-refractivity contribution in [2.45, 2.75) is 19.4 Å². The lowest BCUT2D eigenvalue weighted by Crippen LogP contribution is -2.46. The molecule has 2 atom stereocenters. The lowest BCUT2D eigenvalue weighted by atomic mass is 9.96. The normalized spacial score (nSPS) is 22.9. The van der Waals surface area contributed by atoms with E-state index in [-0.39, 0.29) is 11.7 Å². The van der Waals surface area contributed by atoms with E-state index in [1.54, 1.807) is 12.1 Å². The summed E-state index contributed by atoms with van der Waals surface area (Å²) in [5.41, 5.74) is 6.79. The van der Waals surface area contributed by atoms with Crippen molar-refractivity contribution in [1.29, 1.82) is 5.26 Å². The number of hydrogen-bond donors (Lipinski definition) is 1.